The molecule has 2 aliphatic rings. The molecule has 4 nitrogen and oxygen atoms in total. The summed E-state index contributed by atoms with van der Waals surface area (Å²) in [6.45, 7) is 2.21. The monoisotopic (exact) mass is 254 g/mol. The van der Waals surface area contributed by atoms with E-state index in [4.69, 9.17) is 5.73 Å². The lowest BCUT2D eigenvalue weighted by Crippen LogP contribution is -2.32. The van der Waals surface area contributed by atoms with Crippen molar-refractivity contribution in [2.45, 2.75) is 13.3 Å². The van der Waals surface area contributed by atoms with Crippen LogP contribution in [0.2, 0.25) is 0 Å². The Morgan fingerprint density at radius 1 is 1.26 bits per heavy atom. The van der Waals surface area contributed by atoms with Crippen molar-refractivity contribution in [3.63, 3.8) is 0 Å². The number of aryl methyl sites for hydroxylation is 1. The standard InChI is InChI=1S/C15H14N2O2/c1-9-5-10(3-2-4-16)7-11(6-9)17-14(18)12-8-13(12)15(17)19/h5-7,12-13H,4,8,16H2,1H3. The summed E-state index contributed by atoms with van der Waals surface area (Å²) < 4.78 is 0. The van der Waals surface area contributed by atoms with Gasteiger partial charge in [0.15, 0.2) is 0 Å². The second-order valence-electron chi connectivity index (χ2n) is 5.02. The molecular formula is C15H14N2O2. The molecule has 1 aromatic carbocycles. The molecule has 1 aliphatic carbocycles. The Bertz CT molecular complexity index is 619. The fourth-order valence-electron chi connectivity index (χ4n) is 2.55. The molecule has 1 heterocycles. The topological polar surface area (TPSA) is 63.4 Å². The molecule has 2 atom stereocenters. The van der Waals surface area contributed by atoms with Gasteiger partial charge in [0.05, 0.1) is 24.1 Å². The highest BCUT2D eigenvalue weighted by Crippen LogP contribution is 2.48. The lowest BCUT2D eigenvalue weighted by Gasteiger charge is -2.17. The number of nitrogens with two attached hydrogens (primary N) is 1. The van der Waals surface area contributed by atoms with E-state index < -0.39 is 0 Å². The molecule has 1 aliphatic heterocycles. The summed E-state index contributed by atoms with van der Waals surface area (Å²) in [6, 6.07) is 5.53. The van der Waals surface area contributed by atoms with E-state index in [9.17, 15) is 9.59 Å². The van der Waals surface area contributed by atoms with Crippen LogP contribution in [0.5, 0.6) is 0 Å². The normalized spacial score (nSPS) is 24.0. The molecule has 2 unspecified atom stereocenters. The maximum Gasteiger partial charge on any atom is 0.237 e. The first-order valence-electron chi connectivity index (χ1n) is 6.30. The van der Waals surface area contributed by atoms with Gasteiger partial charge in [-0.2, -0.15) is 0 Å². The van der Waals surface area contributed by atoms with Crippen molar-refractivity contribution in [3.05, 3.63) is 29.3 Å². The number of rotatable bonds is 1. The minimum atomic E-state index is -0.0772. The molecule has 1 aromatic rings. The maximum absolute atomic E-state index is 12.0. The zero-order chi connectivity index (χ0) is 13.6. The van der Waals surface area contributed by atoms with E-state index in [0.29, 0.717) is 5.69 Å². The van der Waals surface area contributed by atoms with Crippen molar-refractivity contribution in [1.82, 2.24) is 0 Å². The quantitative estimate of drug-likeness (QED) is 0.596. The first kappa shape index (κ1) is 11.9. The largest absolute Gasteiger partial charge is 0.320 e. The van der Waals surface area contributed by atoms with Crippen LogP contribution in [0.3, 0.4) is 0 Å². The highest BCUT2D eigenvalue weighted by molar-refractivity contribution is 6.24. The van der Waals surface area contributed by atoms with Crippen LogP contribution >= 0.6 is 0 Å². The Morgan fingerprint density at radius 2 is 1.95 bits per heavy atom. The number of hydrogen-bond donors (Lipinski definition) is 1. The van der Waals surface area contributed by atoms with Crippen LogP contribution in [-0.2, 0) is 9.59 Å². The van der Waals surface area contributed by atoms with Gasteiger partial charge in [-0.05, 0) is 37.1 Å². The number of benzene rings is 1. The van der Waals surface area contributed by atoms with E-state index in [0.717, 1.165) is 17.5 Å². The Hall–Kier alpha value is -2.12. The lowest BCUT2D eigenvalue weighted by atomic mass is 10.1. The maximum atomic E-state index is 12.0. The first-order chi connectivity index (χ1) is 9.11. The number of anilines is 1. The molecule has 1 saturated heterocycles. The molecule has 0 bridgehead atoms. The Morgan fingerprint density at radius 3 is 2.58 bits per heavy atom. The molecule has 1 saturated carbocycles. The van der Waals surface area contributed by atoms with Crippen molar-refractivity contribution in [1.29, 1.82) is 0 Å². The summed E-state index contributed by atoms with van der Waals surface area (Å²) in [5, 5.41) is 0. The van der Waals surface area contributed by atoms with Crippen molar-refractivity contribution < 1.29 is 9.59 Å². The highest BCUT2D eigenvalue weighted by Gasteiger charge is 2.59. The van der Waals surface area contributed by atoms with E-state index in [1.807, 2.05) is 19.1 Å². The van der Waals surface area contributed by atoms with Gasteiger partial charge in [-0.1, -0.05) is 11.8 Å². The number of nitrogens with zero attached hydrogens (tertiary/aromatic N) is 1. The van der Waals surface area contributed by atoms with Gasteiger partial charge in [0, 0.05) is 5.56 Å². The number of carbonyl (C=O) groups is 2. The SMILES string of the molecule is Cc1cc(C#CCN)cc(N2C(=O)C3CC3C2=O)c1. The molecule has 0 radical (unpaired) electrons. The van der Waals surface area contributed by atoms with Gasteiger partial charge < -0.3 is 5.73 Å². The number of imide groups is 1. The molecule has 3 rings (SSSR count). The predicted molar refractivity (Wildman–Crippen MR) is 71.2 cm³/mol. The van der Waals surface area contributed by atoms with Crippen LogP contribution in [0.4, 0.5) is 5.69 Å². The average molecular weight is 254 g/mol. The van der Waals surface area contributed by atoms with Crippen molar-refractivity contribution in [2.75, 3.05) is 11.4 Å². The van der Waals surface area contributed by atoms with E-state index in [2.05, 4.69) is 11.8 Å². The third-order valence-corrected chi connectivity index (χ3v) is 3.52. The minimum absolute atomic E-state index is 0.0710. The third kappa shape index (κ3) is 1.92. The van der Waals surface area contributed by atoms with Crippen LogP contribution in [0.15, 0.2) is 18.2 Å². The number of fused-ring (bicyclic) bond motifs is 1. The first-order valence-corrected chi connectivity index (χ1v) is 6.30. The van der Waals surface area contributed by atoms with Crippen molar-refractivity contribution in [3.8, 4) is 11.8 Å². The van der Waals surface area contributed by atoms with Crippen LogP contribution in [0, 0.1) is 30.6 Å². The minimum Gasteiger partial charge on any atom is -0.320 e. The van der Waals surface area contributed by atoms with Crippen LogP contribution < -0.4 is 10.6 Å². The van der Waals surface area contributed by atoms with Crippen LogP contribution in [0.25, 0.3) is 0 Å². The lowest BCUT2D eigenvalue weighted by molar-refractivity contribution is -0.123. The average Bonchev–Trinajstić information content (AvgIpc) is 3.11. The number of carbonyl (C=O) groups excluding carboxylic acids is 2. The molecule has 4 heteroatoms. The van der Waals surface area contributed by atoms with Gasteiger partial charge in [-0.15, -0.1) is 0 Å². The fourth-order valence-corrected chi connectivity index (χ4v) is 2.55. The molecule has 2 amide bonds. The summed E-state index contributed by atoms with van der Waals surface area (Å²) in [5.74, 6) is 5.42. The van der Waals surface area contributed by atoms with Gasteiger partial charge in [0.1, 0.15) is 0 Å². The second kappa shape index (κ2) is 4.22. The zero-order valence-electron chi connectivity index (χ0n) is 10.6. The van der Waals surface area contributed by atoms with Crippen molar-refractivity contribution >= 4 is 17.5 Å². The smallest absolute Gasteiger partial charge is 0.237 e. The van der Waals surface area contributed by atoms with Gasteiger partial charge >= 0.3 is 0 Å². The van der Waals surface area contributed by atoms with Gasteiger partial charge in [0.2, 0.25) is 11.8 Å². The van der Waals surface area contributed by atoms with E-state index >= 15 is 0 Å². The number of piperidine rings is 1. The van der Waals surface area contributed by atoms with Gasteiger partial charge in [0.25, 0.3) is 0 Å². The molecule has 19 heavy (non-hydrogen) atoms. The second-order valence-corrected chi connectivity index (χ2v) is 5.02. The molecule has 0 spiro atoms. The molecular weight excluding hydrogens is 240 g/mol. The molecule has 2 N–H and O–H groups in total. The van der Waals surface area contributed by atoms with Crippen LogP contribution in [-0.4, -0.2) is 18.4 Å². The Labute approximate surface area is 111 Å². The fraction of sp³-hybridized carbons (Fsp3) is 0.333. The predicted octanol–water partition coefficient (Wildman–Crippen LogP) is 0.815. The Balaban J connectivity index is 1.99. The molecule has 96 valence electrons. The summed E-state index contributed by atoms with van der Waals surface area (Å²) in [7, 11) is 0. The van der Waals surface area contributed by atoms with E-state index in [-0.39, 0.29) is 30.2 Å². The van der Waals surface area contributed by atoms with Gasteiger partial charge in [-0.25, -0.2) is 0 Å². The summed E-state index contributed by atoms with van der Waals surface area (Å²) in [4.78, 5) is 25.4. The van der Waals surface area contributed by atoms with Crippen LogP contribution in [0.1, 0.15) is 17.5 Å². The molecule has 2 fully saturated rings. The van der Waals surface area contributed by atoms with E-state index in [1.54, 1.807) is 6.07 Å². The van der Waals surface area contributed by atoms with Crippen molar-refractivity contribution in [2.24, 2.45) is 17.6 Å². The third-order valence-electron chi connectivity index (χ3n) is 3.52. The van der Waals surface area contributed by atoms with E-state index in [1.165, 1.54) is 4.90 Å². The number of amides is 2. The summed E-state index contributed by atoms with van der Waals surface area (Å²) >= 11 is 0. The molecule has 0 aromatic heterocycles. The highest BCUT2D eigenvalue weighted by atomic mass is 16.2. The zero-order valence-corrected chi connectivity index (χ0v) is 10.6. The Kier molecular flexibility index (Phi) is 2.65. The number of hydrogen-bond acceptors (Lipinski definition) is 3. The summed E-state index contributed by atoms with van der Waals surface area (Å²) in [6.07, 6.45) is 0.722. The summed E-state index contributed by atoms with van der Waals surface area (Å²) in [5.41, 5.74) is 7.73. The van der Waals surface area contributed by atoms with Gasteiger partial charge in [-0.3, -0.25) is 14.5 Å².